The zero-order valence-electron chi connectivity index (χ0n) is 13.8. The molecule has 1 aromatic heterocycles. The monoisotopic (exact) mass is 360 g/mol. The second kappa shape index (κ2) is 6.78. The van der Waals surface area contributed by atoms with Crippen molar-refractivity contribution in [1.82, 2.24) is 9.55 Å². The summed E-state index contributed by atoms with van der Waals surface area (Å²) >= 11 is 0. The first-order valence-corrected chi connectivity index (χ1v) is 9.41. The lowest BCUT2D eigenvalue weighted by molar-refractivity contribution is 0.176. The van der Waals surface area contributed by atoms with Crippen molar-refractivity contribution in [3.63, 3.8) is 0 Å². The first-order valence-electron chi connectivity index (χ1n) is 7.52. The highest BCUT2D eigenvalue weighted by molar-refractivity contribution is 7.90. The molecule has 0 saturated carbocycles. The molecule has 0 spiro atoms. The molecular formula is C18H17FN2O3S. The standard InChI is InChI=1S/C18H17FN2O3S/c1-24-12-18-20-11-17(13-3-5-14(19)6-4-13)21(18)15-7-9-16(10-8-15)25(2,22)23/h3-11H,12H2,1-2H3. The number of halogens is 1. The number of rotatable bonds is 5. The average molecular weight is 360 g/mol. The Morgan fingerprint density at radius 3 is 2.28 bits per heavy atom. The number of imidazole rings is 1. The fraction of sp³-hybridized carbons (Fsp3) is 0.167. The Labute approximate surface area is 145 Å². The van der Waals surface area contributed by atoms with Gasteiger partial charge in [-0.05, 0) is 48.5 Å². The van der Waals surface area contributed by atoms with E-state index in [0.29, 0.717) is 5.82 Å². The van der Waals surface area contributed by atoms with Crippen molar-refractivity contribution in [3.05, 3.63) is 66.4 Å². The number of nitrogens with zero attached hydrogens (tertiary/aromatic N) is 2. The Bertz CT molecular complexity index is 978. The Balaban J connectivity index is 2.13. The molecule has 0 N–H and O–H groups in total. The SMILES string of the molecule is COCc1ncc(-c2ccc(F)cc2)n1-c1ccc(S(C)(=O)=O)cc1. The van der Waals surface area contributed by atoms with Gasteiger partial charge in [-0.2, -0.15) is 0 Å². The van der Waals surface area contributed by atoms with Gasteiger partial charge in [-0.3, -0.25) is 4.57 Å². The van der Waals surface area contributed by atoms with Gasteiger partial charge in [-0.25, -0.2) is 17.8 Å². The molecule has 25 heavy (non-hydrogen) atoms. The summed E-state index contributed by atoms with van der Waals surface area (Å²) in [4.78, 5) is 4.62. The first kappa shape index (κ1) is 17.3. The van der Waals surface area contributed by atoms with Gasteiger partial charge in [0.05, 0.1) is 16.8 Å². The topological polar surface area (TPSA) is 61.2 Å². The summed E-state index contributed by atoms with van der Waals surface area (Å²) in [5.74, 6) is 0.346. The van der Waals surface area contributed by atoms with E-state index in [2.05, 4.69) is 4.98 Å². The third-order valence-corrected chi connectivity index (χ3v) is 4.90. The van der Waals surface area contributed by atoms with Crippen molar-refractivity contribution < 1.29 is 17.5 Å². The lowest BCUT2D eigenvalue weighted by Gasteiger charge is -2.13. The molecule has 1 heterocycles. The Morgan fingerprint density at radius 1 is 1.08 bits per heavy atom. The Hall–Kier alpha value is -2.51. The van der Waals surface area contributed by atoms with E-state index in [1.54, 1.807) is 49.7 Å². The van der Waals surface area contributed by atoms with Gasteiger partial charge in [0.1, 0.15) is 18.2 Å². The predicted octanol–water partition coefficient (Wildman–Crippen LogP) is 3.23. The molecular weight excluding hydrogens is 343 g/mol. The molecule has 130 valence electrons. The van der Waals surface area contributed by atoms with Crippen LogP contribution in [0.25, 0.3) is 16.9 Å². The molecule has 0 aliphatic carbocycles. The molecule has 3 aromatic rings. The van der Waals surface area contributed by atoms with E-state index in [1.807, 2.05) is 4.57 Å². The molecule has 0 unspecified atom stereocenters. The molecule has 2 aromatic carbocycles. The minimum absolute atomic E-state index is 0.244. The fourth-order valence-electron chi connectivity index (χ4n) is 2.58. The minimum atomic E-state index is -3.27. The molecule has 0 bridgehead atoms. The Morgan fingerprint density at radius 2 is 1.72 bits per heavy atom. The number of aromatic nitrogens is 2. The van der Waals surface area contributed by atoms with Crippen LogP contribution in [0.5, 0.6) is 0 Å². The number of hydrogen-bond donors (Lipinski definition) is 0. The number of ether oxygens (including phenoxy) is 1. The van der Waals surface area contributed by atoms with Crippen LogP contribution in [-0.2, 0) is 21.2 Å². The zero-order valence-corrected chi connectivity index (χ0v) is 14.6. The van der Waals surface area contributed by atoms with E-state index in [-0.39, 0.29) is 17.3 Å². The van der Waals surface area contributed by atoms with Gasteiger partial charge in [0.2, 0.25) is 0 Å². The minimum Gasteiger partial charge on any atom is -0.377 e. The van der Waals surface area contributed by atoms with Crippen LogP contribution in [0, 0.1) is 5.82 Å². The van der Waals surface area contributed by atoms with Gasteiger partial charge in [0.15, 0.2) is 9.84 Å². The maximum Gasteiger partial charge on any atom is 0.175 e. The molecule has 0 aliphatic rings. The van der Waals surface area contributed by atoms with E-state index in [9.17, 15) is 12.8 Å². The van der Waals surface area contributed by atoms with Crippen LogP contribution >= 0.6 is 0 Å². The van der Waals surface area contributed by atoms with Gasteiger partial charge in [-0.1, -0.05) is 0 Å². The second-order valence-electron chi connectivity index (χ2n) is 5.60. The first-order chi connectivity index (χ1) is 11.9. The normalized spacial score (nSPS) is 11.6. The lowest BCUT2D eigenvalue weighted by Crippen LogP contribution is -2.05. The largest absolute Gasteiger partial charge is 0.377 e. The molecule has 0 atom stereocenters. The van der Waals surface area contributed by atoms with E-state index < -0.39 is 9.84 Å². The molecule has 0 radical (unpaired) electrons. The van der Waals surface area contributed by atoms with Crippen LogP contribution in [0.2, 0.25) is 0 Å². The van der Waals surface area contributed by atoms with Crippen LogP contribution in [0.3, 0.4) is 0 Å². The summed E-state index contributed by atoms with van der Waals surface area (Å²) in [5.41, 5.74) is 2.30. The van der Waals surface area contributed by atoms with Crippen molar-refractivity contribution in [3.8, 4) is 16.9 Å². The van der Waals surface area contributed by atoms with Crippen LogP contribution in [0.4, 0.5) is 4.39 Å². The van der Waals surface area contributed by atoms with Gasteiger partial charge in [-0.15, -0.1) is 0 Å². The van der Waals surface area contributed by atoms with Crippen LogP contribution in [0.15, 0.2) is 59.6 Å². The van der Waals surface area contributed by atoms with Gasteiger partial charge >= 0.3 is 0 Å². The van der Waals surface area contributed by atoms with Crippen molar-refractivity contribution in [2.45, 2.75) is 11.5 Å². The summed E-state index contributed by atoms with van der Waals surface area (Å²) in [6.45, 7) is 0.287. The lowest BCUT2D eigenvalue weighted by atomic mass is 10.1. The second-order valence-corrected chi connectivity index (χ2v) is 7.62. The summed E-state index contributed by atoms with van der Waals surface area (Å²) in [5, 5.41) is 0. The molecule has 0 fully saturated rings. The van der Waals surface area contributed by atoms with Crippen molar-refractivity contribution >= 4 is 9.84 Å². The third-order valence-electron chi connectivity index (χ3n) is 3.77. The summed E-state index contributed by atoms with van der Waals surface area (Å²) in [6, 6.07) is 12.6. The highest BCUT2D eigenvalue weighted by Gasteiger charge is 2.15. The molecule has 0 aliphatic heterocycles. The maximum absolute atomic E-state index is 13.2. The van der Waals surface area contributed by atoms with E-state index in [4.69, 9.17) is 4.74 Å². The van der Waals surface area contributed by atoms with Gasteiger partial charge in [0, 0.05) is 24.6 Å². The molecule has 0 amide bonds. The van der Waals surface area contributed by atoms with E-state index >= 15 is 0 Å². The van der Waals surface area contributed by atoms with Crippen LogP contribution in [0.1, 0.15) is 5.82 Å². The van der Waals surface area contributed by atoms with Crippen molar-refractivity contribution in [2.75, 3.05) is 13.4 Å². The highest BCUT2D eigenvalue weighted by Crippen LogP contribution is 2.26. The fourth-order valence-corrected chi connectivity index (χ4v) is 3.21. The average Bonchev–Trinajstić information content (AvgIpc) is 2.99. The summed E-state index contributed by atoms with van der Waals surface area (Å²) in [7, 11) is -1.69. The summed E-state index contributed by atoms with van der Waals surface area (Å²) in [6.07, 6.45) is 2.85. The molecule has 7 heteroatoms. The summed E-state index contributed by atoms with van der Waals surface area (Å²) < 4.78 is 43.6. The molecule has 5 nitrogen and oxygen atoms in total. The zero-order chi connectivity index (χ0) is 18.0. The number of methoxy groups -OCH3 is 1. The van der Waals surface area contributed by atoms with E-state index in [0.717, 1.165) is 16.9 Å². The molecule has 3 rings (SSSR count). The predicted molar refractivity (Wildman–Crippen MR) is 92.8 cm³/mol. The van der Waals surface area contributed by atoms with Crippen molar-refractivity contribution in [2.24, 2.45) is 0 Å². The Kier molecular flexibility index (Phi) is 4.69. The van der Waals surface area contributed by atoms with Crippen LogP contribution < -0.4 is 0 Å². The number of benzene rings is 2. The van der Waals surface area contributed by atoms with E-state index in [1.165, 1.54) is 18.4 Å². The quantitative estimate of drug-likeness (QED) is 0.701. The smallest absolute Gasteiger partial charge is 0.175 e. The van der Waals surface area contributed by atoms with Crippen molar-refractivity contribution in [1.29, 1.82) is 0 Å². The third kappa shape index (κ3) is 3.62. The highest BCUT2D eigenvalue weighted by atomic mass is 32.2. The molecule has 0 saturated heterocycles. The number of hydrogen-bond acceptors (Lipinski definition) is 4. The number of sulfone groups is 1. The van der Waals surface area contributed by atoms with Crippen LogP contribution in [-0.4, -0.2) is 31.3 Å². The van der Waals surface area contributed by atoms with Gasteiger partial charge < -0.3 is 4.74 Å². The van der Waals surface area contributed by atoms with Gasteiger partial charge in [0.25, 0.3) is 0 Å². The maximum atomic E-state index is 13.2.